The van der Waals surface area contributed by atoms with Crippen LogP contribution < -0.4 is 19.9 Å². The van der Waals surface area contributed by atoms with Gasteiger partial charge in [-0.3, -0.25) is 0 Å². The van der Waals surface area contributed by atoms with Crippen LogP contribution in [0.25, 0.3) is 11.1 Å². The first-order valence-electron chi connectivity index (χ1n) is 11.4. The second-order valence-corrected chi connectivity index (χ2v) is 8.38. The molecule has 0 aliphatic carbocycles. The van der Waals surface area contributed by atoms with Gasteiger partial charge in [0, 0.05) is 18.2 Å². The van der Waals surface area contributed by atoms with Crippen molar-refractivity contribution < 1.29 is 18.6 Å². The van der Waals surface area contributed by atoms with Crippen LogP contribution in [0.5, 0.6) is 17.2 Å². The predicted molar refractivity (Wildman–Crippen MR) is 127 cm³/mol. The highest BCUT2D eigenvalue weighted by molar-refractivity contribution is 5.73. The van der Waals surface area contributed by atoms with Crippen molar-refractivity contribution in [1.82, 2.24) is 4.98 Å². The monoisotopic (exact) mass is 444 g/mol. The molecule has 0 bridgehead atoms. The third-order valence-electron chi connectivity index (χ3n) is 5.99. The van der Waals surface area contributed by atoms with E-state index in [0.29, 0.717) is 13.2 Å². The van der Waals surface area contributed by atoms with Crippen molar-refractivity contribution in [2.75, 3.05) is 6.61 Å². The number of oxazole rings is 1. The van der Waals surface area contributed by atoms with Crippen molar-refractivity contribution in [3.05, 3.63) is 84.3 Å². The smallest absolute Gasteiger partial charge is 0.181 e. The van der Waals surface area contributed by atoms with E-state index in [0.717, 1.165) is 59.6 Å². The maximum atomic E-state index is 6.48. The predicted octanol–water partition coefficient (Wildman–Crippen LogP) is 5.29. The van der Waals surface area contributed by atoms with Gasteiger partial charge in [0.05, 0.1) is 6.61 Å². The van der Waals surface area contributed by atoms with Crippen LogP contribution in [-0.2, 0) is 13.0 Å². The van der Waals surface area contributed by atoms with Gasteiger partial charge < -0.3 is 24.4 Å². The lowest BCUT2D eigenvalue weighted by Crippen LogP contribution is -2.41. The first-order chi connectivity index (χ1) is 16.2. The van der Waals surface area contributed by atoms with Gasteiger partial charge in [0.15, 0.2) is 12.0 Å². The number of aryl methyl sites for hydroxylation is 1. The van der Waals surface area contributed by atoms with Gasteiger partial charge in [-0.05, 0) is 55.0 Å². The van der Waals surface area contributed by atoms with Crippen LogP contribution in [0.2, 0.25) is 0 Å². The van der Waals surface area contributed by atoms with Crippen LogP contribution in [0.1, 0.15) is 30.4 Å². The molecule has 0 radical (unpaired) electrons. The van der Waals surface area contributed by atoms with Crippen LogP contribution in [0.4, 0.5) is 0 Å². The van der Waals surface area contributed by atoms with E-state index in [1.165, 1.54) is 12.0 Å². The van der Waals surface area contributed by atoms with Gasteiger partial charge in [0.1, 0.15) is 35.5 Å². The van der Waals surface area contributed by atoms with Crippen LogP contribution in [0.3, 0.4) is 0 Å². The molecule has 6 nitrogen and oxygen atoms in total. The van der Waals surface area contributed by atoms with E-state index in [1.54, 1.807) is 0 Å². The van der Waals surface area contributed by atoms with Gasteiger partial charge in [-0.2, -0.15) is 0 Å². The zero-order chi connectivity index (χ0) is 22.5. The summed E-state index contributed by atoms with van der Waals surface area (Å²) in [6, 6.07) is 21.8. The fourth-order valence-corrected chi connectivity index (χ4v) is 4.12. The van der Waals surface area contributed by atoms with Gasteiger partial charge >= 0.3 is 0 Å². The number of hydrogen-bond donors (Lipinski definition) is 1. The average molecular weight is 445 g/mol. The van der Waals surface area contributed by atoms with Crippen molar-refractivity contribution in [2.45, 2.75) is 44.4 Å². The first-order valence-corrected chi connectivity index (χ1v) is 11.4. The molecule has 6 heteroatoms. The number of hydrogen-bond acceptors (Lipinski definition) is 6. The Kier molecular flexibility index (Phi) is 6.44. The molecule has 0 saturated heterocycles. The second-order valence-electron chi connectivity index (χ2n) is 8.38. The first kappa shape index (κ1) is 21.3. The normalized spacial score (nSPS) is 16.1. The summed E-state index contributed by atoms with van der Waals surface area (Å²) in [7, 11) is 0. The molecule has 1 aliphatic heterocycles. The van der Waals surface area contributed by atoms with Crippen molar-refractivity contribution in [3.8, 4) is 17.2 Å². The molecular formula is C27H28N2O4. The zero-order valence-corrected chi connectivity index (χ0v) is 18.5. The number of ether oxygens (including phenoxy) is 3. The zero-order valence-electron chi connectivity index (χ0n) is 18.5. The van der Waals surface area contributed by atoms with Gasteiger partial charge in [0.25, 0.3) is 0 Å². The highest BCUT2D eigenvalue weighted by Crippen LogP contribution is 2.33. The van der Waals surface area contributed by atoms with Gasteiger partial charge in [-0.15, -0.1) is 0 Å². The van der Waals surface area contributed by atoms with E-state index in [9.17, 15) is 0 Å². The summed E-state index contributed by atoms with van der Waals surface area (Å²) in [5, 5.41) is 0. The van der Waals surface area contributed by atoms with Gasteiger partial charge in [0.2, 0.25) is 0 Å². The van der Waals surface area contributed by atoms with E-state index < -0.39 is 0 Å². The Labute approximate surface area is 193 Å². The van der Waals surface area contributed by atoms with Crippen LogP contribution in [-0.4, -0.2) is 23.7 Å². The molecule has 2 N–H and O–H groups in total. The molecular weight excluding hydrogens is 416 g/mol. The van der Waals surface area contributed by atoms with Crippen LogP contribution in [0.15, 0.2) is 77.5 Å². The van der Waals surface area contributed by atoms with E-state index >= 15 is 0 Å². The highest BCUT2D eigenvalue weighted by atomic mass is 16.5. The lowest BCUT2D eigenvalue weighted by Gasteiger charge is -2.30. The Morgan fingerprint density at radius 1 is 1.00 bits per heavy atom. The number of fused-ring (bicyclic) bond motifs is 2. The topological polar surface area (TPSA) is 79.7 Å². The average Bonchev–Trinajstić information content (AvgIpc) is 3.33. The Balaban J connectivity index is 1.10. The van der Waals surface area contributed by atoms with Crippen molar-refractivity contribution in [3.63, 3.8) is 0 Å². The quantitative estimate of drug-likeness (QED) is 0.354. The Hall–Kier alpha value is -3.51. The van der Waals surface area contributed by atoms with Crippen LogP contribution in [0, 0.1) is 0 Å². The molecule has 2 atom stereocenters. The minimum atomic E-state index is -0.0487. The molecule has 1 aliphatic rings. The Bertz CT molecular complexity index is 1190. The molecule has 2 heterocycles. The largest absolute Gasteiger partial charge is 0.493 e. The third-order valence-corrected chi connectivity index (χ3v) is 5.99. The molecule has 2 unspecified atom stereocenters. The number of aromatic nitrogens is 1. The summed E-state index contributed by atoms with van der Waals surface area (Å²) in [5.41, 5.74) is 10.4. The molecule has 4 aromatic rings. The summed E-state index contributed by atoms with van der Waals surface area (Å²) < 4.78 is 23.4. The molecule has 0 saturated carbocycles. The maximum Gasteiger partial charge on any atom is 0.181 e. The summed E-state index contributed by atoms with van der Waals surface area (Å²) in [6.45, 7) is 1.13. The molecule has 0 spiro atoms. The lowest BCUT2D eigenvalue weighted by atomic mass is 9.96. The minimum absolute atomic E-state index is 0.00702. The summed E-state index contributed by atoms with van der Waals surface area (Å²) >= 11 is 0. The van der Waals surface area contributed by atoms with Gasteiger partial charge in [-0.25, -0.2) is 4.98 Å². The number of benzene rings is 3. The van der Waals surface area contributed by atoms with E-state index in [1.807, 2.05) is 48.5 Å². The van der Waals surface area contributed by atoms with E-state index in [4.69, 9.17) is 24.4 Å². The second kappa shape index (κ2) is 9.96. The van der Waals surface area contributed by atoms with Crippen molar-refractivity contribution in [1.29, 1.82) is 0 Å². The molecule has 0 amide bonds. The summed E-state index contributed by atoms with van der Waals surface area (Å²) in [5.74, 6) is 2.46. The molecule has 170 valence electrons. The van der Waals surface area contributed by atoms with Crippen molar-refractivity contribution >= 4 is 11.1 Å². The number of nitrogens with two attached hydrogens (primary N) is 1. The SMILES string of the molecule is NC(CCCOc1ccc2ncoc2c1)C1CCc2ccc(OCc3ccccc3)cc2O1. The fraction of sp³-hybridized carbons (Fsp3) is 0.296. The minimum Gasteiger partial charge on any atom is -0.493 e. The van der Waals surface area contributed by atoms with Crippen molar-refractivity contribution in [2.24, 2.45) is 5.73 Å². The Morgan fingerprint density at radius 3 is 2.76 bits per heavy atom. The molecule has 0 fully saturated rings. The lowest BCUT2D eigenvalue weighted by molar-refractivity contribution is 0.136. The molecule has 33 heavy (non-hydrogen) atoms. The molecule has 5 rings (SSSR count). The highest BCUT2D eigenvalue weighted by Gasteiger charge is 2.25. The maximum absolute atomic E-state index is 6.48. The van der Waals surface area contributed by atoms with E-state index in [-0.39, 0.29) is 12.1 Å². The summed E-state index contributed by atoms with van der Waals surface area (Å²) in [4.78, 5) is 4.12. The standard InChI is InChI=1S/C27H28N2O4/c28-23(7-4-14-30-21-11-12-24-27(16-21)32-18-29-24)25-13-9-20-8-10-22(15-26(20)33-25)31-17-19-5-2-1-3-6-19/h1-3,5-6,8,10-12,15-16,18,23,25H,4,7,9,13-14,17,28H2. The van der Waals surface area contributed by atoms with Crippen LogP contribution >= 0.6 is 0 Å². The van der Waals surface area contributed by atoms with E-state index in [2.05, 4.69) is 23.2 Å². The number of rotatable bonds is 9. The van der Waals surface area contributed by atoms with Gasteiger partial charge in [-0.1, -0.05) is 36.4 Å². The molecule has 1 aromatic heterocycles. The summed E-state index contributed by atoms with van der Waals surface area (Å²) in [6.07, 6.45) is 4.99. The Morgan fingerprint density at radius 2 is 1.85 bits per heavy atom. The number of nitrogens with zero attached hydrogens (tertiary/aromatic N) is 1. The fourth-order valence-electron chi connectivity index (χ4n) is 4.12. The third kappa shape index (κ3) is 5.29. The molecule has 3 aromatic carbocycles.